The molecular weight excluding hydrogens is 274 g/mol. The van der Waals surface area contributed by atoms with Crippen LogP contribution < -0.4 is 5.32 Å². The Morgan fingerprint density at radius 1 is 1.35 bits per heavy atom. The number of rotatable bonds is 3. The first kappa shape index (κ1) is 15.0. The first-order valence-electron chi connectivity index (χ1n) is 6.67. The van der Waals surface area contributed by atoms with Crippen LogP contribution >= 0.6 is 0 Å². The molecule has 0 amide bonds. The van der Waals surface area contributed by atoms with Crippen molar-refractivity contribution in [3.8, 4) is 6.07 Å². The molecule has 1 aliphatic heterocycles. The summed E-state index contributed by atoms with van der Waals surface area (Å²) in [6.45, 7) is 2.79. The van der Waals surface area contributed by atoms with Crippen LogP contribution in [-0.2, 0) is 10.0 Å². The number of sulfonamides is 1. The van der Waals surface area contributed by atoms with Crippen molar-refractivity contribution in [2.75, 3.05) is 20.1 Å². The third-order valence-corrected chi connectivity index (χ3v) is 5.84. The Kier molecular flexibility index (Phi) is 4.43. The van der Waals surface area contributed by atoms with Crippen LogP contribution in [0.1, 0.15) is 24.0 Å². The van der Waals surface area contributed by atoms with E-state index in [4.69, 9.17) is 5.26 Å². The third-order valence-electron chi connectivity index (χ3n) is 3.80. The zero-order valence-corrected chi connectivity index (χ0v) is 12.6. The molecule has 5 nitrogen and oxygen atoms in total. The molecule has 1 aromatic carbocycles. The van der Waals surface area contributed by atoms with Crippen LogP contribution in [-0.4, -0.2) is 38.9 Å². The smallest absolute Gasteiger partial charge is 0.243 e. The SMILES string of the molecule is CNC1CCN(S(=O)(=O)c2cc(C#N)ccc2C)CC1. The van der Waals surface area contributed by atoms with Gasteiger partial charge in [0, 0.05) is 19.1 Å². The number of hydrogen-bond acceptors (Lipinski definition) is 4. The largest absolute Gasteiger partial charge is 0.317 e. The van der Waals surface area contributed by atoms with Gasteiger partial charge in [0.25, 0.3) is 0 Å². The van der Waals surface area contributed by atoms with E-state index < -0.39 is 10.0 Å². The van der Waals surface area contributed by atoms with Crippen LogP contribution in [0.2, 0.25) is 0 Å². The Morgan fingerprint density at radius 3 is 2.55 bits per heavy atom. The number of benzene rings is 1. The molecule has 0 radical (unpaired) electrons. The molecule has 0 saturated carbocycles. The predicted molar refractivity (Wildman–Crippen MR) is 76.7 cm³/mol. The minimum absolute atomic E-state index is 0.249. The highest BCUT2D eigenvalue weighted by atomic mass is 32.2. The van der Waals surface area contributed by atoms with Crippen LogP contribution in [0.15, 0.2) is 23.1 Å². The fourth-order valence-electron chi connectivity index (χ4n) is 2.47. The highest BCUT2D eigenvalue weighted by Crippen LogP contribution is 2.24. The van der Waals surface area contributed by atoms with Gasteiger partial charge in [0.15, 0.2) is 0 Å². The number of nitrogens with zero attached hydrogens (tertiary/aromatic N) is 2. The molecular formula is C14H19N3O2S. The van der Waals surface area contributed by atoms with E-state index in [1.807, 2.05) is 13.1 Å². The molecule has 108 valence electrons. The van der Waals surface area contributed by atoms with Gasteiger partial charge in [0.1, 0.15) is 0 Å². The van der Waals surface area contributed by atoms with E-state index in [-0.39, 0.29) is 4.90 Å². The molecule has 20 heavy (non-hydrogen) atoms. The molecule has 1 aliphatic rings. The molecule has 1 N–H and O–H groups in total. The van der Waals surface area contributed by atoms with Crippen LogP contribution in [0.4, 0.5) is 0 Å². The third kappa shape index (κ3) is 2.85. The highest BCUT2D eigenvalue weighted by Gasteiger charge is 2.30. The molecule has 1 aromatic rings. The van der Waals surface area contributed by atoms with E-state index in [1.54, 1.807) is 19.1 Å². The summed E-state index contributed by atoms with van der Waals surface area (Å²) in [5.74, 6) is 0. The Hall–Kier alpha value is -1.42. The van der Waals surface area contributed by atoms with Crippen molar-refractivity contribution >= 4 is 10.0 Å². The Balaban J connectivity index is 2.30. The van der Waals surface area contributed by atoms with Crippen molar-refractivity contribution in [3.05, 3.63) is 29.3 Å². The molecule has 6 heteroatoms. The molecule has 1 fully saturated rings. The van der Waals surface area contributed by atoms with Gasteiger partial charge >= 0.3 is 0 Å². The molecule has 1 saturated heterocycles. The Bertz CT molecular complexity index is 626. The second-order valence-electron chi connectivity index (χ2n) is 5.06. The maximum absolute atomic E-state index is 12.7. The van der Waals surface area contributed by atoms with Crippen LogP contribution in [0.25, 0.3) is 0 Å². The lowest BCUT2D eigenvalue weighted by atomic mass is 10.1. The van der Waals surface area contributed by atoms with E-state index in [0.717, 1.165) is 12.8 Å². The van der Waals surface area contributed by atoms with Crippen molar-refractivity contribution in [2.24, 2.45) is 0 Å². The quantitative estimate of drug-likeness (QED) is 0.910. The van der Waals surface area contributed by atoms with Gasteiger partial charge in [-0.2, -0.15) is 9.57 Å². The van der Waals surface area contributed by atoms with Gasteiger partial charge in [-0.05, 0) is 44.5 Å². The lowest BCUT2D eigenvalue weighted by molar-refractivity contribution is 0.298. The predicted octanol–water partition coefficient (Wildman–Crippen LogP) is 1.24. The maximum Gasteiger partial charge on any atom is 0.243 e. The second-order valence-corrected chi connectivity index (χ2v) is 6.97. The minimum Gasteiger partial charge on any atom is -0.317 e. The van der Waals surface area contributed by atoms with E-state index in [2.05, 4.69) is 5.32 Å². The van der Waals surface area contributed by atoms with E-state index in [0.29, 0.717) is 30.3 Å². The fraction of sp³-hybridized carbons (Fsp3) is 0.500. The maximum atomic E-state index is 12.7. The number of piperidine rings is 1. The first-order valence-corrected chi connectivity index (χ1v) is 8.11. The number of nitrogens with one attached hydrogen (secondary N) is 1. The Morgan fingerprint density at radius 2 is 2.00 bits per heavy atom. The zero-order chi connectivity index (χ0) is 14.8. The van der Waals surface area contributed by atoms with Crippen LogP contribution in [0.5, 0.6) is 0 Å². The number of aryl methyl sites for hydroxylation is 1. The van der Waals surface area contributed by atoms with Crippen molar-refractivity contribution in [1.82, 2.24) is 9.62 Å². The number of nitriles is 1. The zero-order valence-electron chi connectivity index (χ0n) is 11.8. The van der Waals surface area contributed by atoms with Crippen molar-refractivity contribution in [2.45, 2.75) is 30.7 Å². The standard InChI is InChI=1S/C14H19N3O2S/c1-11-3-4-12(10-15)9-14(11)20(18,19)17-7-5-13(16-2)6-8-17/h3-4,9,13,16H,5-8H2,1-2H3. The Labute approximate surface area is 120 Å². The van der Waals surface area contributed by atoms with Gasteiger partial charge in [-0.15, -0.1) is 0 Å². The molecule has 0 unspecified atom stereocenters. The highest BCUT2D eigenvalue weighted by molar-refractivity contribution is 7.89. The molecule has 0 spiro atoms. The summed E-state index contributed by atoms with van der Waals surface area (Å²) in [5, 5.41) is 12.1. The molecule has 1 heterocycles. The first-order chi connectivity index (χ1) is 9.48. The summed E-state index contributed by atoms with van der Waals surface area (Å²) in [6.07, 6.45) is 1.62. The monoisotopic (exact) mass is 293 g/mol. The van der Waals surface area contributed by atoms with Gasteiger partial charge in [-0.3, -0.25) is 0 Å². The van der Waals surface area contributed by atoms with Crippen molar-refractivity contribution in [3.63, 3.8) is 0 Å². The van der Waals surface area contributed by atoms with Crippen molar-refractivity contribution < 1.29 is 8.42 Å². The van der Waals surface area contributed by atoms with E-state index >= 15 is 0 Å². The van der Waals surface area contributed by atoms with Crippen molar-refractivity contribution in [1.29, 1.82) is 5.26 Å². The van der Waals surface area contributed by atoms with Gasteiger partial charge in [0.2, 0.25) is 10.0 Å². The van der Waals surface area contributed by atoms with Gasteiger partial charge < -0.3 is 5.32 Å². The normalized spacial score (nSPS) is 17.9. The summed E-state index contributed by atoms with van der Waals surface area (Å²) in [5.41, 5.74) is 1.05. The molecule has 0 bridgehead atoms. The average Bonchev–Trinajstić information content (AvgIpc) is 2.47. The summed E-state index contributed by atoms with van der Waals surface area (Å²) < 4.78 is 26.9. The second kappa shape index (κ2) is 5.92. The van der Waals surface area contributed by atoms with Gasteiger partial charge in [-0.25, -0.2) is 8.42 Å². The lowest BCUT2D eigenvalue weighted by Crippen LogP contribution is -2.44. The summed E-state index contributed by atoms with van der Waals surface area (Å²) >= 11 is 0. The van der Waals surface area contributed by atoms with Gasteiger partial charge in [-0.1, -0.05) is 6.07 Å². The van der Waals surface area contributed by atoms with Crippen LogP contribution in [0, 0.1) is 18.3 Å². The average molecular weight is 293 g/mol. The molecule has 0 aromatic heterocycles. The molecule has 2 rings (SSSR count). The topological polar surface area (TPSA) is 73.2 Å². The summed E-state index contributed by atoms with van der Waals surface area (Å²) in [4.78, 5) is 0.249. The fourth-order valence-corrected chi connectivity index (χ4v) is 4.19. The summed E-state index contributed by atoms with van der Waals surface area (Å²) in [6, 6.07) is 7.17. The van der Waals surface area contributed by atoms with Gasteiger partial charge in [0.05, 0.1) is 16.5 Å². The summed E-state index contributed by atoms with van der Waals surface area (Å²) in [7, 11) is -1.60. The lowest BCUT2D eigenvalue weighted by Gasteiger charge is -2.31. The van der Waals surface area contributed by atoms with E-state index in [1.165, 1.54) is 10.4 Å². The van der Waals surface area contributed by atoms with Crippen LogP contribution in [0.3, 0.4) is 0 Å². The van der Waals surface area contributed by atoms with E-state index in [9.17, 15) is 8.42 Å². The molecule has 0 aliphatic carbocycles. The minimum atomic E-state index is -3.50. The number of hydrogen-bond donors (Lipinski definition) is 1. The molecule has 0 atom stereocenters.